The van der Waals surface area contributed by atoms with Gasteiger partial charge in [0.25, 0.3) is 5.91 Å². The maximum Gasteiger partial charge on any atom is 0.253 e. The topological polar surface area (TPSA) is 58.2 Å². The highest BCUT2D eigenvalue weighted by atomic mass is 35.5. The van der Waals surface area contributed by atoms with Crippen molar-refractivity contribution in [3.05, 3.63) is 106 Å². The van der Waals surface area contributed by atoms with Crippen molar-refractivity contribution in [1.29, 1.82) is 0 Å². The molecule has 0 spiro atoms. The van der Waals surface area contributed by atoms with Gasteiger partial charge < -0.3 is 10.6 Å². The third-order valence-electron chi connectivity index (χ3n) is 4.42. The molecular weight excluding hydrogens is 391 g/mol. The molecule has 0 aliphatic carbocycles. The Morgan fingerprint density at radius 1 is 0.897 bits per heavy atom. The van der Waals surface area contributed by atoms with Gasteiger partial charge in [-0.2, -0.15) is 0 Å². The fourth-order valence-corrected chi connectivity index (χ4v) is 3.10. The molecule has 0 unspecified atom stereocenters. The van der Waals surface area contributed by atoms with Gasteiger partial charge in [-0.25, -0.2) is 4.39 Å². The van der Waals surface area contributed by atoms with Crippen LogP contribution in [0.3, 0.4) is 0 Å². The summed E-state index contributed by atoms with van der Waals surface area (Å²) < 4.78 is 13.0. The third kappa shape index (κ3) is 5.90. The standard InChI is InChI=1S/C23H20ClFN2O2/c24-20-9-5-4-8-19(20)23(29)27-21(17-6-2-1-3-7-17)14-22(28)26-15-16-10-12-18(25)13-11-16/h1-13,21H,14-15H2,(H,26,28)(H,27,29)/t21-/m1/s1. The minimum absolute atomic E-state index is 0.0569. The lowest BCUT2D eigenvalue weighted by molar-refractivity contribution is -0.121. The second-order valence-electron chi connectivity index (χ2n) is 6.52. The van der Waals surface area contributed by atoms with Gasteiger partial charge in [-0.1, -0.05) is 66.2 Å². The van der Waals surface area contributed by atoms with Crippen LogP contribution in [0.1, 0.15) is 33.9 Å². The highest BCUT2D eigenvalue weighted by molar-refractivity contribution is 6.33. The zero-order valence-corrected chi connectivity index (χ0v) is 16.3. The normalized spacial score (nSPS) is 11.5. The molecule has 148 valence electrons. The van der Waals surface area contributed by atoms with E-state index in [2.05, 4.69) is 10.6 Å². The average molecular weight is 411 g/mol. The van der Waals surface area contributed by atoms with E-state index in [0.717, 1.165) is 11.1 Å². The molecule has 6 heteroatoms. The van der Waals surface area contributed by atoms with Gasteiger partial charge in [-0.05, 0) is 35.4 Å². The van der Waals surface area contributed by atoms with Gasteiger partial charge in [0, 0.05) is 6.54 Å². The number of carbonyl (C=O) groups excluding carboxylic acids is 2. The van der Waals surface area contributed by atoms with Crippen molar-refractivity contribution >= 4 is 23.4 Å². The van der Waals surface area contributed by atoms with E-state index in [1.807, 2.05) is 30.3 Å². The Balaban J connectivity index is 1.69. The number of benzene rings is 3. The van der Waals surface area contributed by atoms with Gasteiger partial charge in [0.05, 0.1) is 23.0 Å². The molecule has 29 heavy (non-hydrogen) atoms. The number of rotatable bonds is 7. The van der Waals surface area contributed by atoms with Crippen molar-refractivity contribution in [2.75, 3.05) is 0 Å². The molecule has 3 aromatic carbocycles. The molecule has 2 amide bonds. The molecule has 0 aliphatic rings. The molecule has 0 saturated heterocycles. The largest absolute Gasteiger partial charge is 0.352 e. The van der Waals surface area contributed by atoms with E-state index in [9.17, 15) is 14.0 Å². The second-order valence-corrected chi connectivity index (χ2v) is 6.93. The quantitative estimate of drug-likeness (QED) is 0.595. The molecule has 0 radical (unpaired) electrons. The van der Waals surface area contributed by atoms with Crippen molar-refractivity contribution in [3.63, 3.8) is 0 Å². The number of halogens is 2. The fraction of sp³-hybridized carbons (Fsp3) is 0.130. The Morgan fingerprint density at radius 3 is 2.24 bits per heavy atom. The van der Waals surface area contributed by atoms with Crippen LogP contribution in [0.25, 0.3) is 0 Å². The predicted molar refractivity (Wildman–Crippen MR) is 111 cm³/mol. The molecule has 2 N–H and O–H groups in total. The zero-order valence-electron chi connectivity index (χ0n) is 15.6. The smallest absolute Gasteiger partial charge is 0.253 e. The molecule has 0 aliphatic heterocycles. The van der Waals surface area contributed by atoms with Crippen LogP contribution in [0, 0.1) is 5.82 Å². The summed E-state index contributed by atoms with van der Waals surface area (Å²) in [5.41, 5.74) is 1.95. The van der Waals surface area contributed by atoms with Gasteiger partial charge in [0.2, 0.25) is 5.91 Å². The van der Waals surface area contributed by atoms with E-state index in [1.54, 1.807) is 36.4 Å². The van der Waals surface area contributed by atoms with Crippen LogP contribution < -0.4 is 10.6 Å². The Morgan fingerprint density at radius 2 is 1.55 bits per heavy atom. The molecule has 1 atom stereocenters. The van der Waals surface area contributed by atoms with Crippen LogP contribution in [0.2, 0.25) is 5.02 Å². The van der Waals surface area contributed by atoms with Crippen LogP contribution in [0.4, 0.5) is 4.39 Å². The predicted octanol–water partition coefficient (Wildman–Crippen LogP) is 4.66. The van der Waals surface area contributed by atoms with Crippen LogP contribution in [0.5, 0.6) is 0 Å². The number of hydrogen-bond acceptors (Lipinski definition) is 2. The molecule has 0 aromatic heterocycles. The SMILES string of the molecule is O=C(C[C@@H](NC(=O)c1ccccc1Cl)c1ccccc1)NCc1ccc(F)cc1. The van der Waals surface area contributed by atoms with Gasteiger partial charge in [-0.3, -0.25) is 9.59 Å². The third-order valence-corrected chi connectivity index (χ3v) is 4.75. The highest BCUT2D eigenvalue weighted by Crippen LogP contribution is 2.20. The van der Waals surface area contributed by atoms with Gasteiger partial charge in [-0.15, -0.1) is 0 Å². The second kappa shape index (κ2) is 9.85. The van der Waals surface area contributed by atoms with Crippen LogP contribution in [0.15, 0.2) is 78.9 Å². The van der Waals surface area contributed by atoms with Crippen LogP contribution in [-0.4, -0.2) is 11.8 Å². The lowest BCUT2D eigenvalue weighted by atomic mass is 10.0. The summed E-state index contributed by atoms with van der Waals surface area (Å²) in [5.74, 6) is -0.912. The molecule has 3 rings (SSSR count). The Hall–Kier alpha value is -3.18. The summed E-state index contributed by atoms with van der Waals surface area (Å²) in [6, 6.07) is 21.4. The zero-order chi connectivity index (χ0) is 20.6. The summed E-state index contributed by atoms with van der Waals surface area (Å²) in [6.07, 6.45) is 0.0569. The van der Waals surface area contributed by atoms with E-state index in [4.69, 9.17) is 11.6 Å². The molecule has 0 bridgehead atoms. The average Bonchev–Trinajstić information content (AvgIpc) is 2.74. The Bertz CT molecular complexity index is 978. The maximum absolute atomic E-state index is 13.0. The van der Waals surface area contributed by atoms with Crippen LogP contribution in [-0.2, 0) is 11.3 Å². The molecule has 0 fully saturated rings. The summed E-state index contributed by atoms with van der Waals surface area (Å²) in [6.45, 7) is 0.277. The van der Waals surface area contributed by atoms with Crippen molar-refractivity contribution in [3.8, 4) is 0 Å². The van der Waals surface area contributed by atoms with E-state index >= 15 is 0 Å². The Kier molecular flexibility index (Phi) is 6.98. The van der Waals surface area contributed by atoms with Gasteiger partial charge >= 0.3 is 0 Å². The first-order chi connectivity index (χ1) is 14.0. The number of hydrogen-bond donors (Lipinski definition) is 2. The molecule has 0 saturated carbocycles. The first kappa shape index (κ1) is 20.6. The molecule has 0 heterocycles. The summed E-state index contributed by atoms with van der Waals surface area (Å²) in [7, 11) is 0. The molecule has 4 nitrogen and oxygen atoms in total. The maximum atomic E-state index is 13.0. The van der Waals surface area contributed by atoms with Crippen molar-refractivity contribution in [2.24, 2.45) is 0 Å². The van der Waals surface area contributed by atoms with Crippen molar-refractivity contribution < 1.29 is 14.0 Å². The Labute approximate surface area is 173 Å². The van der Waals surface area contributed by atoms with E-state index < -0.39 is 6.04 Å². The van der Waals surface area contributed by atoms with Crippen molar-refractivity contribution in [2.45, 2.75) is 19.0 Å². The van der Waals surface area contributed by atoms with E-state index in [0.29, 0.717) is 10.6 Å². The summed E-state index contributed by atoms with van der Waals surface area (Å²) in [4.78, 5) is 25.2. The molecular formula is C23H20ClFN2O2. The van der Waals surface area contributed by atoms with E-state index in [-0.39, 0.29) is 30.6 Å². The first-order valence-corrected chi connectivity index (χ1v) is 9.52. The van der Waals surface area contributed by atoms with E-state index in [1.165, 1.54) is 12.1 Å². The lowest BCUT2D eigenvalue weighted by Gasteiger charge is -2.19. The molecule has 3 aromatic rings. The van der Waals surface area contributed by atoms with Crippen molar-refractivity contribution in [1.82, 2.24) is 10.6 Å². The minimum Gasteiger partial charge on any atom is -0.352 e. The lowest BCUT2D eigenvalue weighted by Crippen LogP contribution is -2.33. The summed E-state index contributed by atoms with van der Waals surface area (Å²) >= 11 is 6.12. The van der Waals surface area contributed by atoms with Gasteiger partial charge in [0.1, 0.15) is 5.82 Å². The fourth-order valence-electron chi connectivity index (χ4n) is 2.88. The first-order valence-electron chi connectivity index (χ1n) is 9.14. The highest BCUT2D eigenvalue weighted by Gasteiger charge is 2.20. The van der Waals surface area contributed by atoms with Gasteiger partial charge in [0.15, 0.2) is 0 Å². The monoisotopic (exact) mass is 410 g/mol. The number of amides is 2. The number of carbonyl (C=O) groups is 2. The number of nitrogens with one attached hydrogen (secondary N) is 2. The minimum atomic E-state index is -0.520. The summed E-state index contributed by atoms with van der Waals surface area (Å²) in [5, 5.41) is 6.04. The van der Waals surface area contributed by atoms with Crippen LogP contribution >= 0.6 is 11.6 Å².